The summed E-state index contributed by atoms with van der Waals surface area (Å²) in [6.45, 7) is -9.78. The van der Waals surface area contributed by atoms with Crippen LogP contribution in [0.1, 0.15) is 12.5 Å². The second-order valence-electron chi connectivity index (χ2n) is 9.81. The fraction of sp³-hybridized carbons (Fsp3) is 0.476. The number of ether oxygens (including phenoxy) is 2. The Labute approximate surface area is 261 Å². The SMILES string of the molecule is COC1COP(O)(=S)O[C@@H]2C(COP(O)(=S)O[C@@H](n3cnc4c(N)ncnc43)[C@@H]1O)O[C@@H](n1cc(F)c3c(=O)[nH]cnc31)[C@@H]2O. The largest absolute Gasteiger partial charge is 0.386 e. The number of nitrogens with two attached hydrogens (primary N) is 1. The summed E-state index contributed by atoms with van der Waals surface area (Å²) in [7, 11) is 1.22. The van der Waals surface area contributed by atoms with Crippen LogP contribution < -0.4 is 11.3 Å². The average molecular weight is 711 g/mol. The van der Waals surface area contributed by atoms with Crippen molar-refractivity contribution in [2.45, 2.75) is 43.0 Å². The third-order valence-electron chi connectivity index (χ3n) is 7.09. The molecule has 7 N–H and O–H groups in total. The van der Waals surface area contributed by atoms with Gasteiger partial charge < -0.3 is 53.8 Å². The van der Waals surface area contributed by atoms with Gasteiger partial charge in [-0.3, -0.25) is 18.4 Å². The molecule has 0 radical (unpaired) electrons. The van der Waals surface area contributed by atoms with Crippen LogP contribution in [-0.4, -0.2) is 105 Å². The minimum Gasteiger partial charge on any atom is -0.386 e. The number of aliphatic hydroxyl groups excluding tert-OH is 2. The van der Waals surface area contributed by atoms with Crippen LogP contribution in [0.3, 0.4) is 0 Å². The summed E-state index contributed by atoms with van der Waals surface area (Å²) >= 11 is 10.4. The van der Waals surface area contributed by atoms with Crippen LogP contribution in [-0.2, 0) is 51.2 Å². The first-order chi connectivity index (χ1) is 21.3. The van der Waals surface area contributed by atoms with Gasteiger partial charge in [0, 0.05) is 13.3 Å². The maximum absolute atomic E-state index is 14.7. The average Bonchev–Trinajstić information content (AvgIpc) is 3.65. The number of halogens is 1. The molecule has 4 aromatic rings. The Balaban J connectivity index is 1.36. The monoisotopic (exact) mass is 710 g/mol. The van der Waals surface area contributed by atoms with Gasteiger partial charge in [0.1, 0.15) is 47.8 Å². The number of nitrogen functional groups attached to an aromatic ring is 1. The number of aromatic nitrogens is 7. The molecule has 0 aliphatic carbocycles. The van der Waals surface area contributed by atoms with Gasteiger partial charge in [-0.2, -0.15) is 0 Å². The molecule has 24 heteroatoms. The van der Waals surface area contributed by atoms with Crippen molar-refractivity contribution in [3.8, 4) is 0 Å². The van der Waals surface area contributed by atoms with Crippen LogP contribution in [0.4, 0.5) is 10.2 Å². The molecule has 2 fully saturated rings. The molecule has 0 saturated carbocycles. The topological polar surface area (TPSA) is 257 Å². The van der Waals surface area contributed by atoms with Crippen molar-refractivity contribution in [3.05, 3.63) is 41.3 Å². The smallest absolute Gasteiger partial charge is 0.326 e. The van der Waals surface area contributed by atoms with E-state index in [0.717, 1.165) is 23.4 Å². The summed E-state index contributed by atoms with van der Waals surface area (Å²) in [5.74, 6) is -0.923. The van der Waals surface area contributed by atoms with Crippen LogP contribution >= 0.6 is 13.4 Å². The number of anilines is 1. The Morgan fingerprint density at radius 2 is 1.78 bits per heavy atom. The fourth-order valence-electron chi connectivity index (χ4n) is 4.97. The summed E-state index contributed by atoms with van der Waals surface area (Å²) in [6, 6.07) is 0. The maximum atomic E-state index is 14.7. The number of imidazole rings is 1. The van der Waals surface area contributed by atoms with Gasteiger partial charge in [-0.25, -0.2) is 24.3 Å². The first kappa shape index (κ1) is 32.5. The number of methoxy groups -OCH3 is 1. The number of nitrogens with one attached hydrogen (secondary N) is 1. The van der Waals surface area contributed by atoms with Gasteiger partial charge in [0.2, 0.25) is 0 Å². The molecule has 0 bridgehead atoms. The molecule has 2 aliphatic rings. The predicted molar refractivity (Wildman–Crippen MR) is 157 cm³/mol. The molecule has 9 atom stereocenters. The molecule has 19 nitrogen and oxygen atoms in total. The number of hydrogen-bond donors (Lipinski definition) is 6. The third-order valence-corrected chi connectivity index (χ3v) is 10.2. The van der Waals surface area contributed by atoms with Gasteiger partial charge in [0.05, 0.1) is 25.9 Å². The van der Waals surface area contributed by atoms with Crippen molar-refractivity contribution in [1.82, 2.24) is 34.1 Å². The zero-order valence-electron chi connectivity index (χ0n) is 22.8. The number of H-pyrrole nitrogens is 1. The van der Waals surface area contributed by atoms with Crippen LogP contribution in [0.25, 0.3) is 22.2 Å². The zero-order chi connectivity index (χ0) is 32.3. The van der Waals surface area contributed by atoms with Crippen molar-refractivity contribution in [1.29, 1.82) is 0 Å². The predicted octanol–water partition coefficient (Wildman–Crippen LogP) is -0.699. The molecule has 0 aromatic carbocycles. The van der Waals surface area contributed by atoms with E-state index < -0.39 is 86.4 Å². The molecule has 4 unspecified atom stereocenters. The lowest BCUT2D eigenvalue weighted by molar-refractivity contribution is -0.109. The molecule has 2 saturated heterocycles. The summed E-state index contributed by atoms with van der Waals surface area (Å²) in [4.78, 5) is 52.7. The Kier molecular flexibility index (Phi) is 8.91. The van der Waals surface area contributed by atoms with E-state index >= 15 is 0 Å². The van der Waals surface area contributed by atoms with Crippen LogP contribution in [0, 0.1) is 5.82 Å². The van der Waals surface area contributed by atoms with Crippen molar-refractivity contribution in [2.75, 3.05) is 26.1 Å². The van der Waals surface area contributed by atoms with Gasteiger partial charge in [0.25, 0.3) is 5.56 Å². The minimum atomic E-state index is -4.32. The van der Waals surface area contributed by atoms with E-state index in [1.807, 2.05) is 0 Å². The highest BCUT2D eigenvalue weighted by Gasteiger charge is 2.50. The molecule has 6 rings (SSSR count). The molecular formula is C21H25FN8O11P2S2. The van der Waals surface area contributed by atoms with E-state index in [1.165, 1.54) is 18.0 Å². The number of rotatable bonds is 3. The third kappa shape index (κ3) is 6.20. The number of nitrogens with zero attached hydrogens (tertiary/aromatic N) is 6. The van der Waals surface area contributed by atoms with Crippen molar-refractivity contribution in [3.63, 3.8) is 0 Å². The van der Waals surface area contributed by atoms with Gasteiger partial charge in [-0.15, -0.1) is 0 Å². The van der Waals surface area contributed by atoms with Gasteiger partial charge in [-0.1, -0.05) is 0 Å². The summed E-state index contributed by atoms with van der Waals surface area (Å²) in [5.41, 5.74) is 5.21. The lowest BCUT2D eigenvalue weighted by Crippen LogP contribution is -2.40. The zero-order valence-corrected chi connectivity index (χ0v) is 26.2. The maximum Gasteiger partial charge on any atom is 0.326 e. The number of hydrogen-bond acceptors (Lipinski definition) is 16. The quantitative estimate of drug-likeness (QED) is 0.144. The molecule has 2 aliphatic heterocycles. The molecule has 4 aromatic heterocycles. The standard InChI is InChI=1S/C21H25FN8O11P2S2/c1-36-9-3-37-42(34,44)40-15-10(39-20(14(15)32)29-2-8(22)11-17(29)25-6-27-19(11)33)4-38-43(35,45)41-21(13(9)31)30-7-28-12-16(23)24-5-26-18(12)30/h2,5-7,9-10,13-15,20-21,31-32H,3-4H2,1H3,(H,34,44)(H,35,45)(H2,23,24,26)(H,25,27,33)/t9?,10?,13-,14-,15-,20-,21-,42?,43?/m1/s1. The van der Waals surface area contributed by atoms with Crippen LogP contribution in [0.2, 0.25) is 0 Å². The van der Waals surface area contributed by atoms with E-state index in [0.29, 0.717) is 0 Å². The Morgan fingerprint density at radius 3 is 2.53 bits per heavy atom. The van der Waals surface area contributed by atoms with Crippen molar-refractivity contribution in [2.24, 2.45) is 0 Å². The van der Waals surface area contributed by atoms with E-state index in [-0.39, 0.29) is 22.6 Å². The Morgan fingerprint density at radius 1 is 1.04 bits per heavy atom. The van der Waals surface area contributed by atoms with Gasteiger partial charge in [-0.05, 0) is 23.6 Å². The summed E-state index contributed by atoms with van der Waals surface area (Å²) in [6.07, 6.45) is -6.26. The van der Waals surface area contributed by atoms with E-state index in [4.69, 9.17) is 56.9 Å². The van der Waals surface area contributed by atoms with E-state index in [9.17, 15) is 29.2 Å². The number of fused-ring (bicyclic) bond motifs is 3. The van der Waals surface area contributed by atoms with E-state index in [2.05, 4.69) is 24.9 Å². The first-order valence-electron chi connectivity index (χ1n) is 12.8. The Hall–Kier alpha value is -2.40. The number of aliphatic hydroxyl groups is 2. The highest BCUT2D eigenvalue weighted by molar-refractivity contribution is 8.07. The first-order valence-corrected chi connectivity index (χ1v) is 18.0. The van der Waals surface area contributed by atoms with Crippen LogP contribution in [0.15, 0.2) is 30.0 Å². The fourth-order valence-corrected chi connectivity index (χ4v) is 7.75. The van der Waals surface area contributed by atoms with E-state index in [1.54, 1.807) is 0 Å². The molecular weight excluding hydrogens is 685 g/mol. The Bertz CT molecular complexity index is 1900. The van der Waals surface area contributed by atoms with Crippen molar-refractivity contribution < 1.29 is 52.0 Å². The summed E-state index contributed by atoms with van der Waals surface area (Å²) < 4.78 is 50.7. The lowest BCUT2D eigenvalue weighted by Gasteiger charge is -2.32. The van der Waals surface area contributed by atoms with Crippen molar-refractivity contribution >= 4 is 65.1 Å². The second-order valence-corrected chi connectivity index (χ2v) is 15.4. The molecule has 0 spiro atoms. The number of aromatic amines is 1. The van der Waals surface area contributed by atoms with Gasteiger partial charge >= 0.3 is 13.4 Å². The molecule has 244 valence electrons. The highest BCUT2D eigenvalue weighted by atomic mass is 32.5. The van der Waals surface area contributed by atoms with Gasteiger partial charge in [0.15, 0.2) is 35.4 Å². The molecule has 6 heterocycles. The summed E-state index contributed by atoms with van der Waals surface area (Å²) in [5, 5.41) is 22.2. The van der Waals surface area contributed by atoms with Crippen LogP contribution in [0.5, 0.6) is 0 Å². The lowest BCUT2D eigenvalue weighted by atomic mass is 10.1. The highest BCUT2D eigenvalue weighted by Crippen LogP contribution is 2.53. The molecule has 0 amide bonds. The molecule has 45 heavy (non-hydrogen) atoms. The minimum absolute atomic E-state index is 0.0231. The normalized spacial score (nSPS) is 35.1. The second kappa shape index (κ2) is 12.3.